The number of hydrogen-bond acceptors (Lipinski definition) is 2. The quantitative estimate of drug-likeness (QED) is 0.746. The molecule has 0 aromatic rings. The second kappa shape index (κ2) is 4.63. The third kappa shape index (κ3) is 1.93. The van der Waals surface area contributed by atoms with E-state index in [9.17, 15) is 4.79 Å². The van der Waals surface area contributed by atoms with Crippen LogP contribution in [0.3, 0.4) is 0 Å². The Kier molecular flexibility index (Phi) is 3.25. The van der Waals surface area contributed by atoms with Gasteiger partial charge in [0.25, 0.3) is 0 Å². The molecule has 0 aliphatic heterocycles. The summed E-state index contributed by atoms with van der Waals surface area (Å²) in [5.74, 6) is 2.11. The van der Waals surface area contributed by atoms with E-state index in [0.29, 0.717) is 18.3 Å². The number of ketones is 1. The van der Waals surface area contributed by atoms with E-state index in [1.54, 1.807) is 0 Å². The average Bonchev–Trinajstić information content (AvgIpc) is 2.85. The zero-order chi connectivity index (χ0) is 12.8. The molecule has 1 spiro atoms. The molecule has 4 unspecified atom stereocenters. The number of carbonyl (C=O) groups excluding carboxylic acids is 1. The van der Waals surface area contributed by atoms with Crippen LogP contribution in [0.4, 0.5) is 0 Å². The number of Topliss-reactive ketones (excluding diaryl/α,β-unsaturated/α-hetero) is 1. The first-order valence-electron chi connectivity index (χ1n) is 7.80. The highest BCUT2D eigenvalue weighted by molar-refractivity contribution is 5.92. The second-order valence-corrected chi connectivity index (χ2v) is 7.00. The largest absolute Gasteiger partial charge is 0.373 e. The van der Waals surface area contributed by atoms with Gasteiger partial charge in [0.05, 0.1) is 17.6 Å². The smallest absolute Gasteiger partial charge is 0.144 e. The fourth-order valence-electron chi connectivity index (χ4n) is 4.25. The van der Waals surface area contributed by atoms with Crippen LogP contribution >= 0.6 is 0 Å². The molecule has 0 amide bonds. The normalized spacial score (nSPS) is 43.1. The lowest BCUT2D eigenvalue weighted by molar-refractivity contribution is -0.175. The van der Waals surface area contributed by atoms with Gasteiger partial charge in [-0.3, -0.25) is 4.79 Å². The minimum atomic E-state index is -0.0354. The number of hydrogen-bond donors (Lipinski definition) is 0. The number of rotatable bonds is 2. The third-order valence-corrected chi connectivity index (χ3v) is 5.95. The van der Waals surface area contributed by atoms with Gasteiger partial charge in [-0.15, -0.1) is 0 Å². The summed E-state index contributed by atoms with van der Waals surface area (Å²) in [6, 6.07) is 0. The minimum Gasteiger partial charge on any atom is -0.373 e. The van der Waals surface area contributed by atoms with Crippen molar-refractivity contribution >= 4 is 5.78 Å². The summed E-state index contributed by atoms with van der Waals surface area (Å²) in [6.45, 7) is 4.70. The van der Waals surface area contributed by atoms with Crippen LogP contribution in [-0.2, 0) is 9.53 Å². The molecule has 3 aliphatic rings. The Morgan fingerprint density at radius 3 is 2.44 bits per heavy atom. The molecule has 0 aromatic heterocycles. The highest BCUT2D eigenvalue weighted by Gasteiger charge is 2.57. The van der Waals surface area contributed by atoms with Crippen molar-refractivity contribution in [1.82, 2.24) is 0 Å². The van der Waals surface area contributed by atoms with Crippen LogP contribution in [0.25, 0.3) is 0 Å². The summed E-state index contributed by atoms with van der Waals surface area (Å²) in [7, 11) is 0. The molecule has 18 heavy (non-hydrogen) atoms. The molecule has 3 fully saturated rings. The van der Waals surface area contributed by atoms with E-state index in [1.165, 1.54) is 32.1 Å². The molecule has 3 saturated carbocycles. The SMILES string of the molecule is CC1CCC(OC2CC(=O)C23CCCC3)CC1C. The van der Waals surface area contributed by atoms with Crippen molar-refractivity contribution in [2.24, 2.45) is 17.3 Å². The van der Waals surface area contributed by atoms with Crippen LogP contribution in [-0.4, -0.2) is 18.0 Å². The van der Waals surface area contributed by atoms with Crippen molar-refractivity contribution < 1.29 is 9.53 Å². The summed E-state index contributed by atoms with van der Waals surface area (Å²) >= 11 is 0. The van der Waals surface area contributed by atoms with Crippen molar-refractivity contribution in [1.29, 1.82) is 0 Å². The molecule has 2 heteroatoms. The second-order valence-electron chi connectivity index (χ2n) is 7.00. The molecule has 0 N–H and O–H groups in total. The first-order chi connectivity index (χ1) is 8.62. The van der Waals surface area contributed by atoms with E-state index in [-0.39, 0.29) is 11.5 Å². The predicted molar refractivity (Wildman–Crippen MR) is 71.4 cm³/mol. The molecule has 0 bridgehead atoms. The molecular weight excluding hydrogens is 224 g/mol. The van der Waals surface area contributed by atoms with Crippen molar-refractivity contribution in [2.75, 3.05) is 0 Å². The Morgan fingerprint density at radius 2 is 1.83 bits per heavy atom. The molecule has 3 aliphatic carbocycles. The van der Waals surface area contributed by atoms with E-state index in [2.05, 4.69) is 13.8 Å². The standard InChI is InChI=1S/C16H26O2/c1-11-5-6-13(9-12(11)2)18-15-10-14(17)16(15)7-3-4-8-16/h11-13,15H,3-10H2,1-2H3. The van der Waals surface area contributed by atoms with Gasteiger partial charge < -0.3 is 4.74 Å². The van der Waals surface area contributed by atoms with Gasteiger partial charge in [0.1, 0.15) is 5.78 Å². The van der Waals surface area contributed by atoms with E-state index in [1.807, 2.05) is 0 Å². The summed E-state index contributed by atoms with van der Waals surface area (Å²) in [6.07, 6.45) is 9.70. The Labute approximate surface area is 110 Å². The average molecular weight is 250 g/mol. The fraction of sp³-hybridized carbons (Fsp3) is 0.938. The highest BCUT2D eigenvalue weighted by Crippen LogP contribution is 2.52. The van der Waals surface area contributed by atoms with Crippen LogP contribution in [0.5, 0.6) is 0 Å². The summed E-state index contributed by atoms with van der Waals surface area (Å²) in [5.41, 5.74) is -0.0354. The molecule has 102 valence electrons. The summed E-state index contributed by atoms with van der Waals surface area (Å²) in [4.78, 5) is 11.9. The topological polar surface area (TPSA) is 26.3 Å². The lowest BCUT2D eigenvalue weighted by atomic mass is 9.63. The summed E-state index contributed by atoms with van der Waals surface area (Å²) in [5, 5.41) is 0. The van der Waals surface area contributed by atoms with Gasteiger partial charge in [0.2, 0.25) is 0 Å². The van der Waals surface area contributed by atoms with Crippen LogP contribution in [0, 0.1) is 17.3 Å². The van der Waals surface area contributed by atoms with Gasteiger partial charge in [-0.2, -0.15) is 0 Å². The number of ether oxygens (including phenoxy) is 1. The lowest BCUT2D eigenvalue weighted by Crippen LogP contribution is -2.55. The van der Waals surface area contributed by atoms with E-state index in [0.717, 1.165) is 24.7 Å². The molecular formula is C16H26O2. The maximum absolute atomic E-state index is 11.9. The Hall–Kier alpha value is -0.370. The maximum atomic E-state index is 11.9. The Morgan fingerprint density at radius 1 is 1.11 bits per heavy atom. The van der Waals surface area contributed by atoms with Gasteiger partial charge in [-0.05, 0) is 43.9 Å². The zero-order valence-corrected chi connectivity index (χ0v) is 11.8. The van der Waals surface area contributed by atoms with Gasteiger partial charge >= 0.3 is 0 Å². The molecule has 2 nitrogen and oxygen atoms in total. The van der Waals surface area contributed by atoms with E-state index >= 15 is 0 Å². The van der Waals surface area contributed by atoms with Gasteiger partial charge in [-0.25, -0.2) is 0 Å². The minimum absolute atomic E-state index is 0.0354. The molecule has 0 saturated heterocycles. The predicted octanol–water partition coefficient (Wildman–Crippen LogP) is 3.73. The fourth-order valence-corrected chi connectivity index (χ4v) is 4.25. The maximum Gasteiger partial charge on any atom is 0.144 e. The van der Waals surface area contributed by atoms with Crippen molar-refractivity contribution in [2.45, 2.75) is 77.4 Å². The Bertz CT molecular complexity index is 330. The monoisotopic (exact) mass is 250 g/mol. The van der Waals surface area contributed by atoms with Crippen LogP contribution in [0.2, 0.25) is 0 Å². The van der Waals surface area contributed by atoms with Gasteiger partial charge in [-0.1, -0.05) is 26.7 Å². The molecule has 0 aromatic carbocycles. The summed E-state index contributed by atoms with van der Waals surface area (Å²) < 4.78 is 6.33. The molecule has 0 radical (unpaired) electrons. The van der Waals surface area contributed by atoms with Crippen molar-refractivity contribution in [3.8, 4) is 0 Å². The van der Waals surface area contributed by atoms with Gasteiger partial charge in [0.15, 0.2) is 0 Å². The highest BCUT2D eigenvalue weighted by atomic mass is 16.5. The lowest BCUT2D eigenvalue weighted by Gasteiger charge is -2.47. The van der Waals surface area contributed by atoms with Gasteiger partial charge in [0, 0.05) is 6.42 Å². The van der Waals surface area contributed by atoms with Crippen LogP contribution in [0.15, 0.2) is 0 Å². The van der Waals surface area contributed by atoms with Crippen molar-refractivity contribution in [3.63, 3.8) is 0 Å². The van der Waals surface area contributed by atoms with Crippen LogP contribution in [0.1, 0.15) is 65.2 Å². The third-order valence-electron chi connectivity index (χ3n) is 5.95. The van der Waals surface area contributed by atoms with Crippen molar-refractivity contribution in [3.05, 3.63) is 0 Å². The first kappa shape index (κ1) is 12.7. The number of carbonyl (C=O) groups is 1. The first-order valence-corrected chi connectivity index (χ1v) is 7.80. The molecule has 0 heterocycles. The van der Waals surface area contributed by atoms with Crippen LogP contribution < -0.4 is 0 Å². The zero-order valence-electron chi connectivity index (χ0n) is 11.8. The molecule has 3 rings (SSSR count). The van der Waals surface area contributed by atoms with E-state index < -0.39 is 0 Å². The van der Waals surface area contributed by atoms with E-state index in [4.69, 9.17) is 4.74 Å². The Balaban J connectivity index is 1.59. The molecule has 4 atom stereocenters.